The number of aliphatic imine (C=N–C) groups is 1. The molecule has 2 unspecified atom stereocenters. The molecule has 4 heteroatoms. The molecule has 110 valence electrons. The second-order valence-electron chi connectivity index (χ2n) is 6.21. The molecule has 2 aliphatic heterocycles. The molecule has 0 saturated carbocycles. The third-order valence-corrected chi connectivity index (χ3v) is 4.35. The molecule has 1 aromatic rings. The second kappa shape index (κ2) is 5.35. The van der Waals surface area contributed by atoms with E-state index in [9.17, 15) is 0 Å². The maximum Gasteiger partial charge on any atom is 0.0975 e. The highest BCUT2D eigenvalue weighted by atomic mass is 15.4. The summed E-state index contributed by atoms with van der Waals surface area (Å²) in [5.41, 5.74) is 2.14. The monoisotopic (exact) mass is 282 g/mol. The van der Waals surface area contributed by atoms with Crippen LogP contribution in [0.2, 0.25) is 0 Å². The van der Waals surface area contributed by atoms with Crippen LogP contribution in [0.4, 0.5) is 0 Å². The summed E-state index contributed by atoms with van der Waals surface area (Å²) in [6.07, 6.45) is 11.6. The number of hydrogen-bond acceptors (Lipinski definition) is 4. The summed E-state index contributed by atoms with van der Waals surface area (Å²) in [5, 5.41) is 0. The van der Waals surface area contributed by atoms with Gasteiger partial charge in [-0.3, -0.25) is 9.98 Å². The lowest BCUT2D eigenvalue weighted by Gasteiger charge is -2.36. The molecule has 0 amide bonds. The zero-order valence-corrected chi connectivity index (χ0v) is 12.9. The highest BCUT2D eigenvalue weighted by molar-refractivity contribution is 6.00. The van der Waals surface area contributed by atoms with Crippen molar-refractivity contribution in [1.82, 2.24) is 14.8 Å². The van der Waals surface area contributed by atoms with Crippen molar-refractivity contribution >= 4 is 5.71 Å². The van der Waals surface area contributed by atoms with Gasteiger partial charge in [0.1, 0.15) is 0 Å². The average molecular weight is 282 g/mol. The van der Waals surface area contributed by atoms with Crippen LogP contribution in [0.15, 0.2) is 54.1 Å². The van der Waals surface area contributed by atoms with Crippen LogP contribution in [-0.2, 0) is 0 Å². The smallest absolute Gasteiger partial charge is 0.0975 e. The Morgan fingerprint density at radius 1 is 1.33 bits per heavy atom. The Kier molecular flexibility index (Phi) is 3.53. The second-order valence-corrected chi connectivity index (χ2v) is 6.21. The summed E-state index contributed by atoms with van der Waals surface area (Å²) in [6, 6.07) is 5.99. The van der Waals surface area contributed by atoms with Crippen molar-refractivity contribution < 1.29 is 0 Å². The summed E-state index contributed by atoms with van der Waals surface area (Å²) < 4.78 is 0. The summed E-state index contributed by atoms with van der Waals surface area (Å²) >= 11 is 0. The van der Waals surface area contributed by atoms with E-state index in [1.165, 1.54) is 0 Å². The van der Waals surface area contributed by atoms with Gasteiger partial charge in [0, 0.05) is 50.2 Å². The molecule has 21 heavy (non-hydrogen) atoms. The first-order chi connectivity index (χ1) is 10.1. The highest BCUT2D eigenvalue weighted by Gasteiger charge is 2.31. The van der Waals surface area contributed by atoms with Gasteiger partial charge in [0.05, 0.1) is 17.6 Å². The molecule has 3 rings (SSSR count). The third-order valence-electron chi connectivity index (χ3n) is 4.35. The van der Waals surface area contributed by atoms with Crippen molar-refractivity contribution in [2.45, 2.75) is 26.4 Å². The van der Waals surface area contributed by atoms with E-state index in [1.807, 2.05) is 30.6 Å². The van der Waals surface area contributed by atoms with Crippen molar-refractivity contribution in [2.24, 2.45) is 10.4 Å². The summed E-state index contributed by atoms with van der Waals surface area (Å²) in [4.78, 5) is 13.6. The van der Waals surface area contributed by atoms with Gasteiger partial charge >= 0.3 is 0 Å². The lowest BCUT2D eigenvalue weighted by Crippen LogP contribution is -2.41. The summed E-state index contributed by atoms with van der Waals surface area (Å²) in [7, 11) is 2.11. The van der Waals surface area contributed by atoms with Crippen LogP contribution in [0.3, 0.4) is 0 Å². The normalized spacial score (nSPS) is 28.1. The molecular formula is C17H22N4. The van der Waals surface area contributed by atoms with Crippen LogP contribution in [0, 0.1) is 5.41 Å². The number of aromatic nitrogens is 1. The van der Waals surface area contributed by atoms with Crippen molar-refractivity contribution in [3.63, 3.8) is 0 Å². The Labute approximate surface area is 126 Å². The molecule has 2 atom stereocenters. The lowest BCUT2D eigenvalue weighted by molar-refractivity contribution is 0.155. The number of hydrogen-bond donors (Lipinski definition) is 0. The Morgan fingerprint density at radius 2 is 2.19 bits per heavy atom. The zero-order valence-electron chi connectivity index (χ0n) is 12.9. The standard InChI is InChI=1S/C17H22N4/c1-14-20(3)10-11-21(14)13-17(2)7-9-19-16(12-17)15-6-4-5-8-18-15/h4-11,14H,12-13H2,1-3H3. The number of nitrogens with zero attached hydrogens (tertiary/aromatic N) is 4. The van der Waals surface area contributed by atoms with Gasteiger partial charge in [-0.1, -0.05) is 19.1 Å². The van der Waals surface area contributed by atoms with Crippen LogP contribution in [0.5, 0.6) is 0 Å². The van der Waals surface area contributed by atoms with Gasteiger partial charge in [-0.15, -0.1) is 0 Å². The molecule has 0 aliphatic carbocycles. The molecule has 3 heterocycles. The fourth-order valence-corrected chi connectivity index (χ4v) is 2.87. The van der Waals surface area contributed by atoms with Crippen LogP contribution >= 0.6 is 0 Å². The van der Waals surface area contributed by atoms with E-state index < -0.39 is 0 Å². The minimum absolute atomic E-state index is 0.0817. The highest BCUT2D eigenvalue weighted by Crippen LogP contribution is 2.32. The van der Waals surface area contributed by atoms with Crippen molar-refractivity contribution in [2.75, 3.05) is 13.6 Å². The van der Waals surface area contributed by atoms with Gasteiger partial charge < -0.3 is 9.80 Å². The van der Waals surface area contributed by atoms with Crippen molar-refractivity contribution in [3.05, 3.63) is 54.8 Å². The maximum atomic E-state index is 4.53. The van der Waals surface area contributed by atoms with Crippen molar-refractivity contribution in [3.8, 4) is 0 Å². The van der Waals surface area contributed by atoms with Crippen LogP contribution in [0.25, 0.3) is 0 Å². The molecule has 0 aromatic carbocycles. The van der Waals surface area contributed by atoms with Crippen LogP contribution < -0.4 is 0 Å². The van der Waals surface area contributed by atoms with Gasteiger partial charge in [0.15, 0.2) is 0 Å². The summed E-state index contributed by atoms with van der Waals surface area (Å²) in [6.45, 7) is 5.50. The molecule has 0 radical (unpaired) electrons. The van der Waals surface area contributed by atoms with Crippen molar-refractivity contribution in [1.29, 1.82) is 0 Å². The SMILES string of the molecule is CC1N(C)C=CN1CC1(C)C=CN=C(c2ccccn2)C1. The largest absolute Gasteiger partial charge is 0.359 e. The minimum Gasteiger partial charge on any atom is -0.359 e. The van der Waals surface area contributed by atoms with Gasteiger partial charge in [-0.2, -0.15) is 0 Å². The first-order valence-corrected chi connectivity index (χ1v) is 7.39. The Morgan fingerprint density at radius 3 is 2.86 bits per heavy atom. The van der Waals surface area contributed by atoms with Gasteiger partial charge in [0.2, 0.25) is 0 Å². The van der Waals surface area contributed by atoms with Gasteiger partial charge in [-0.05, 0) is 19.1 Å². The molecule has 0 N–H and O–H groups in total. The average Bonchev–Trinajstić information content (AvgIpc) is 2.80. The van der Waals surface area contributed by atoms with E-state index in [0.29, 0.717) is 6.17 Å². The van der Waals surface area contributed by atoms with E-state index in [4.69, 9.17) is 0 Å². The first kappa shape index (κ1) is 13.9. The number of pyridine rings is 1. The van der Waals surface area contributed by atoms with E-state index in [1.54, 1.807) is 0 Å². The zero-order chi connectivity index (χ0) is 14.9. The van der Waals surface area contributed by atoms with E-state index >= 15 is 0 Å². The summed E-state index contributed by atoms with van der Waals surface area (Å²) in [5.74, 6) is 0. The van der Waals surface area contributed by atoms with E-state index in [2.05, 4.69) is 59.1 Å². The predicted octanol–water partition coefficient (Wildman–Crippen LogP) is 2.86. The molecule has 4 nitrogen and oxygen atoms in total. The van der Waals surface area contributed by atoms with Gasteiger partial charge in [-0.25, -0.2) is 0 Å². The van der Waals surface area contributed by atoms with Gasteiger partial charge in [0.25, 0.3) is 0 Å². The minimum atomic E-state index is 0.0817. The molecule has 0 bridgehead atoms. The fourth-order valence-electron chi connectivity index (χ4n) is 2.87. The molecular weight excluding hydrogens is 260 g/mol. The first-order valence-electron chi connectivity index (χ1n) is 7.39. The fraction of sp³-hybridized carbons (Fsp3) is 0.412. The lowest BCUT2D eigenvalue weighted by atomic mass is 9.82. The quantitative estimate of drug-likeness (QED) is 0.854. The Hall–Kier alpha value is -2.10. The topological polar surface area (TPSA) is 31.7 Å². The Bertz CT molecular complexity index is 590. The third kappa shape index (κ3) is 2.84. The molecule has 2 aliphatic rings. The van der Waals surface area contributed by atoms with E-state index in [0.717, 1.165) is 24.4 Å². The Balaban J connectivity index is 1.74. The van der Waals surface area contributed by atoms with E-state index in [-0.39, 0.29) is 5.41 Å². The molecule has 0 spiro atoms. The number of rotatable bonds is 3. The van der Waals surface area contributed by atoms with Crippen LogP contribution in [-0.4, -0.2) is 40.3 Å². The van der Waals surface area contributed by atoms with Crippen LogP contribution in [0.1, 0.15) is 26.0 Å². The predicted molar refractivity (Wildman–Crippen MR) is 85.7 cm³/mol. The molecule has 1 aromatic heterocycles. The maximum absolute atomic E-state index is 4.53. The molecule has 0 saturated heterocycles. The molecule has 0 fully saturated rings.